The third kappa shape index (κ3) is 7.82. The zero-order valence-electron chi connectivity index (χ0n) is 9.51. The number of aliphatic imine (C=N–C) groups is 1. The van der Waals surface area contributed by atoms with Crippen molar-refractivity contribution in [1.82, 2.24) is 0 Å². The van der Waals surface area contributed by atoms with E-state index in [4.69, 9.17) is 5.73 Å². The summed E-state index contributed by atoms with van der Waals surface area (Å²) in [5.74, 6) is 1.59. The van der Waals surface area contributed by atoms with E-state index in [2.05, 4.69) is 32.7 Å². The van der Waals surface area contributed by atoms with Gasteiger partial charge in [0.05, 0.1) is 5.84 Å². The summed E-state index contributed by atoms with van der Waals surface area (Å²) in [5.41, 5.74) is 5.74. The van der Waals surface area contributed by atoms with Crippen LogP contribution in [0, 0.1) is 5.92 Å². The molecule has 1 unspecified atom stereocenters. The first-order valence-electron chi connectivity index (χ1n) is 5.38. The molecule has 0 fully saturated rings. The SMILES string of the molecule is CCCC(N)=NC(C)CCC(C)C. The van der Waals surface area contributed by atoms with Gasteiger partial charge in [0.1, 0.15) is 0 Å². The molecule has 0 rings (SSSR count). The van der Waals surface area contributed by atoms with Crippen molar-refractivity contribution in [3.63, 3.8) is 0 Å². The fourth-order valence-corrected chi connectivity index (χ4v) is 1.24. The molecule has 0 amide bonds. The molecule has 0 aliphatic heterocycles. The molecule has 2 nitrogen and oxygen atoms in total. The third-order valence-corrected chi connectivity index (χ3v) is 2.05. The van der Waals surface area contributed by atoms with E-state index in [-0.39, 0.29) is 0 Å². The Kier molecular flexibility index (Phi) is 6.65. The van der Waals surface area contributed by atoms with E-state index < -0.39 is 0 Å². The largest absolute Gasteiger partial charge is 0.387 e. The van der Waals surface area contributed by atoms with Crippen molar-refractivity contribution in [2.24, 2.45) is 16.6 Å². The van der Waals surface area contributed by atoms with Gasteiger partial charge in [-0.05, 0) is 32.1 Å². The Balaban J connectivity index is 3.70. The van der Waals surface area contributed by atoms with Crippen LogP contribution >= 0.6 is 0 Å². The number of amidine groups is 1. The van der Waals surface area contributed by atoms with Crippen LogP contribution in [0.5, 0.6) is 0 Å². The first-order chi connectivity index (χ1) is 6.06. The molecule has 0 aromatic heterocycles. The van der Waals surface area contributed by atoms with Gasteiger partial charge in [0.2, 0.25) is 0 Å². The average Bonchev–Trinajstić information content (AvgIpc) is 2.01. The van der Waals surface area contributed by atoms with Crippen LogP contribution in [0.3, 0.4) is 0 Å². The first-order valence-corrected chi connectivity index (χ1v) is 5.38. The highest BCUT2D eigenvalue weighted by atomic mass is 14.9. The standard InChI is InChI=1S/C11H24N2/c1-5-6-11(12)13-10(4)8-7-9(2)3/h9-10H,5-8H2,1-4H3,(H2,12,13). The highest BCUT2D eigenvalue weighted by molar-refractivity contribution is 5.80. The van der Waals surface area contributed by atoms with Crippen molar-refractivity contribution < 1.29 is 0 Å². The lowest BCUT2D eigenvalue weighted by atomic mass is 10.0. The summed E-state index contributed by atoms with van der Waals surface area (Å²) in [6, 6.07) is 0.397. The lowest BCUT2D eigenvalue weighted by Gasteiger charge is -2.09. The Bertz CT molecular complexity index is 150. The van der Waals surface area contributed by atoms with Gasteiger partial charge in [-0.1, -0.05) is 20.8 Å². The van der Waals surface area contributed by atoms with E-state index in [1.807, 2.05) is 0 Å². The maximum atomic E-state index is 5.74. The van der Waals surface area contributed by atoms with Gasteiger partial charge < -0.3 is 5.73 Å². The number of rotatable bonds is 6. The highest BCUT2D eigenvalue weighted by Gasteiger charge is 2.02. The van der Waals surface area contributed by atoms with Crippen LogP contribution in [0.4, 0.5) is 0 Å². The molecule has 0 saturated carbocycles. The van der Waals surface area contributed by atoms with E-state index in [0.717, 1.165) is 31.0 Å². The molecule has 2 heteroatoms. The Morgan fingerprint density at radius 3 is 2.31 bits per heavy atom. The molecular weight excluding hydrogens is 160 g/mol. The molecule has 0 aliphatic rings. The van der Waals surface area contributed by atoms with Gasteiger partial charge in [-0.25, -0.2) is 0 Å². The predicted molar refractivity (Wildman–Crippen MR) is 60.1 cm³/mol. The second-order valence-corrected chi connectivity index (χ2v) is 4.19. The van der Waals surface area contributed by atoms with Crippen LogP contribution in [0.2, 0.25) is 0 Å². The van der Waals surface area contributed by atoms with Gasteiger partial charge in [0.25, 0.3) is 0 Å². The van der Waals surface area contributed by atoms with Crippen LogP contribution < -0.4 is 5.73 Å². The Morgan fingerprint density at radius 1 is 1.23 bits per heavy atom. The van der Waals surface area contributed by atoms with Crippen LogP contribution in [-0.2, 0) is 0 Å². The third-order valence-electron chi connectivity index (χ3n) is 2.05. The number of hydrogen-bond acceptors (Lipinski definition) is 1. The molecule has 1 atom stereocenters. The van der Waals surface area contributed by atoms with Gasteiger partial charge in [-0.2, -0.15) is 0 Å². The summed E-state index contributed by atoms with van der Waals surface area (Å²) in [7, 11) is 0. The summed E-state index contributed by atoms with van der Waals surface area (Å²) in [5, 5.41) is 0. The molecule has 2 N–H and O–H groups in total. The molecule has 0 radical (unpaired) electrons. The van der Waals surface area contributed by atoms with E-state index in [0.29, 0.717) is 6.04 Å². The van der Waals surface area contributed by atoms with E-state index >= 15 is 0 Å². The van der Waals surface area contributed by atoms with E-state index in [1.54, 1.807) is 0 Å². The maximum absolute atomic E-state index is 5.74. The van der Waals surface area contributed by atoms with Crippen LogP contribution in [0.15, 0.2) is 4.99 Å². The van der Waals surface area contributed by atoms with E-state index in [9.17, 15) is 0 Å². The molecule has 0 bridgehead atoms. The summed E-state index contributed by atoms with van der Waals surface area (Å²) < 4.78 is 0. The summed E-state index contributed by atoms with van der Waals surface area (Å²) >= 11 is 0. The van der Waals surface area contributed by atoms with Gasteiger partial charge in [0.15, 0.2) is 0 Å². The zero-order chi connectivity index (χ0) is 10.3. The second-order valence-electron chi connectivity index (χ2n) is 4.19. The van der Waals surface area contributed by atoms with Gasteiger partial charge >= 0.3 is 0 Å². The second kappa shape index (κ2) is 6.93. The van der Waals surface area contributed by atoms with Gasteiger partial charge in [-0.15, -0.1) is 0 Å². The maximum Gasteiger partial charge on any atom is 0.0940 e. The minimum Gasteiger partial charge on any atom is -0.387 e. The molecule has 0 spiro atoms. The zero-order valence-corrected chi connectivity index (χ0v) is 9.51. The smallest absolute Gasteiger partial charge is 0.0940 e. The van der Waals surface area contributed by atoms with Gasteiger partial charge in [0, 0.05) is 12.5 Å². The molecule has 0 aliphatic carbocycles. The monoisotopic (exact) mass is 184 g/mol. The lowest BCUT2D eigenvalue weighted by Crippen LogP contribution is -2.15. The number of hydrogen-bond donors (Lipinski definition) is 1. The Labute approximate surface area is 82.6 Å². The highest BCUT2D eigenvalue weighted by Crippen LogP contribution is 2.09. The van der Waals surface area contributed by atoms with Crippen molar-refractivity contribution in [2.75, 3.05) is 0 Å². The predicted octanol–water partition coefficient (Wildman–Crippen LogP) is 2.97. The molecule has 13 heavy (non-hydrogen) atoms. The quantitative estimate of drug-likeness (QED) is 0.500. The summed E-state index contributed by atoms with van der Waals surface area (Å²) in [4.78, 5) is 4.43. The molecule has 0 heterocycles. The summed E-state index contributed by atoms with van der Waals surface area (Å²) in [6.07, 6.45) is 4.42. The van der Waals surface area contributed by atoms with Crippen molar-refractivity contribution in [3.05, 3.63) is 0 Å². The van der Waals surface area contributed by atoms with Crippen molar-refractivity contribution >= 4 is 5.84 Å². The minimum atomic E-state index is 0.397. The van der Waals surface area contributed by atoms with Crippen LogP contribution in [0.1, 0.15) is 53.4 Å². The Morgan fingerprint density at radius 2 is 1.85 bits per heavy atom. The van der Waals surface area contributed by atoms with Crippen molar-refractivity contribution in [3.8, 4) is 0 Å². The average molecular weight is 184 g/mol. The first kappa shape index (κ1) is 12.5. The normalized spacial score (nSPS) is 15.0. The topological polar surface area (TPSA) is 38.4 Å². The number of nitrogens with two attached hydrogens (primary N) is 1. The lowest BCUT2D eigenvalue weighted by molar-refractivity contribution is 0.515. The van der Waals surface area contributed by atoms with Gasteiger partial charge in [-0.3, -0.25) is 4.99 Å². The summed E-state index contributed by atoms with van der Waals surface area (Å²) in [6.45, 7) is 8.75. The number of nitrogens with zero attached hydrogens (tertiary/aromatic N) is 1. The van der Waals surface area contributed by atoms with Crippen molar-refractivity contribution in [2.45, 2.75) is 59.4 Å². The molecule has 0 saturated heterocycles. The minimum absolute atomic E-state index is 0.397. The fourth-order valence-electron chi connectivity index (χ4n) is 1.24. The van der Waals surface area contributed by atoms with E-state index in [1.165, 1.54) is 6.42 Å². The van der Waals surface area contributed by atoms with Crippen molar-refractivity contribution in [1.29, 1.82) is 0 Å². The molecular formula is C11H24N2. The molecule has 0 aromatic rings. The molecule has 0 aromatic carbocycles. The molecule has 78 valence electrons. The Hall–Kier alpha value is -0.530. The van der Waals surface area contributed by atoms with Crippen LogP contribution in [-0.4, -0.2) is 11.9 Å². The van der Waals surface area contributed by atoms with Crippen LogP contribution in [0.25, 0.3) is 0 Å². The fraction of sp³-hybridized carbons (Fsp3) is 0.909.